The third-order valence-corrected chi connectivity index (χ3v) is 3.40. The van der Waals surface area contributed by atoms with Crippen molar-refractivity contribution in [1.82, 2.24) is 14.9 Å². The number of ether oxygens (including phenoxy) is 1. The zero-order valence-electron chi connectivity index (χ0n) is 10.2. The van der Waals surface area contributed by atoms with Gasteiger partial charge in [0.15, 0.2) is 0 Å². The average molecular weight is 227 g/mol. The molecule has 0 N–H and O–H groups in total. The number of hydrogen-bond donors (Lipinski definition) is 0. The summed E-state index contributed by atoms with van der Waals surface area (Å²) in [5, 5.41) is 4.76. The minimum atomic E-state index is 0.190. The van der Waals surface area contributed by atoms with Crippen LogP contribution in [0.3, 0.4) is 0 Å². The summed E-state index contributed by atoms with van der Waals surface area (Å²) in [4.78, 5) is 13.1. The second-order valence-corrected chi connectivity index (χ2v) is 4.55. The Labute approximate surface area is 96.9 Å². The summed E-state index contributed by atoms with van der Waals surface area (Å²) < 4.78 is 5.43. The first kappa shape index (κ1) is 11.8. The molecule has 0 aliphatic carbocycles. The van der Waals surface area contributed by atoms with E-state index in [4.69, 9.17) is 4.74 Å². The summed E-state index contributed by atoms with van der Waals surface area (Å²) >= 11 is 0. The summed E-state index contributed by atoms with van der Waals surface area (Å²) in [6, 6.07) is 0.456. The van der Waals surface area contributed by atoms with Gasteiger partial charge in [0.25, 0.3) is 0 Å². The third kappa shape index (κ3) is 2.53. The summed E-state index contributed by atoms with van der Waals surface area (Å²) in [6.45, 7) is 10.0. The number of carbonyl (C=O) groups is 1. The summed E-state index contributed by atoms with van der Waals surface area (Å²) in [5.41, 5.74) is 0. The lowest BCUT2D eigenvalue weighted by Crippen LogP contribution is -2.59. The first-order chi connectivity index (χ1) is 7.68. The molecule has 2 saturated heterocycles. The van der Waals surface area contributed by atoms with Crippen LogP contribution in [0.25, 0.3) is 0 Å². The number of morpholine rings is 1. The molecule has 0 aromatic rings. The molecule has 5 heteroatoms. The maximum atomic E-state index is 11.2. The van der Waals surface area contributed by atoms with Gasteiger partial charge in [0, 0.05) is 45.7 Å². The molecular weight excluding hydrogens is 206 g/mol. The van der Waals surface area contributed by atoms with Gasteiger partial charge in [-0.05, 0) is 6.92 Å². The first-order valence-electron chi connectivity index (χ1n) is 6.03. The molecule has 0 radical (unpaired) electrons. The average Bonchev–Trinajstić information content (AvgIpc) is 2.30. The fraction of sp³-hybridized carbons (Fsp3) is 0.909. The van der Waals surface area contributed by atoms with Gasteiger partial charge in [-0.1, -0.05) is 0 Å². The van der Waals surface area contributed by atoms with E-state index < -0.39 is 0 Å². The molecule has 92 valence electrons. The van der Waals surface area contributed by atoms with Gasteiger partial charge in [0.05, 0.1) is 13.2 Å². The Hall–Kier alpha value is -0.650. The fourth-order valence-electron chi connectivity index (χ4n) is 2.41. The molecule has 2 aliphatic rings. The normalized spacial score (nSPS) is 29.4. The van der Waals surface area contributed by atoms with E-state index in [0.29, 0.717) is 6.04 Å². The molecule has 1 amide bonds. The SMILES string of the molecule is CC(=O)N1CCN(N2CCOCC2C)CC1. The minimum Gasteiger partial charge on any atom is -0.378 e. The van der Waals surface area contributed by atoms with E-state index >= 15 is 0 Å². The van der Waals surface area contributed by atoms with Crippen LogP contribution >= 0.6 is 0 Å². The highest BCUT2D eigenvalue weighted by Crippen LogP contribution is 2.12. The van der Waals surface area contributed by atoms with Gasteiger partial charge in [-0.2, -0.15) is 0 Å². The van der Waals surface area contributed by atoms with E-state index in [2.05, 4.69) is 16.9 Å². The van der Waals surface area contributed by atoms with E-state index in [-0.39, 0.29) is 5.91 Å². The first-order valence-corrected chi connectivity index (χ1v) is 6.03. The van der Waals surface area contributed by atoms with Crippen LogP contribution in [0.2, 0.25) is 0 Å². The largest absolute Gasteiger partial charge is 0.378 e. The van der Waals surface area contributed by atoms with Gasteiger partial charge in [0.2, 0.25) is 5.91 Å². The van der Waals surface area contributed by atoms with E-state index in [1.165, 1.54) is 0 Å². The van der Waals surface area contributed by atoms with E-state index in [9.17, 15) is 4.79 Å². The van der Waals surface area contributed by atoms with Crippen LogP contribution in [0.1, 0.15) is 13.8 Å². The highest BCUT2D eigenvalue weighted by molar-refractivity contribution is 5.73. The molecule has 0 bridgehead atoms. The Morgan fingerprint density at radius 3 is 2.44 bits per heavy atom. The Bertz CT molecular complexity index is 252. The molecule has 2 fully saturated rings. The predicted octanol–water partition coefficient (Wildman–Crippen LogP) is -0.214. The van der Waals surface area contributed by atoms with Crippen molar-refractivity contribution in [2.24, 2.45) is 0 Å². The number of rotatable bonds is 1. The Kier molecular flexibility index (Phi) is 3.78. The van der Waals surface area contributed by atoms with Crippen molar-refractivity contribution in [3.05, 3.63) is 0 Å². The second-order valence-electron chi connectivity index (χ2n) is 4.55. The molecule has 1 atom stereocenters. The summed E-state index contributed by atoms with van der Waals surface area (Å²) in [5.74, 6) is 0.190. The molecule has 5 nitrogen and oxygen atoms in total. The minimum absolute atomic E-state index is 0.190. The summed E-state index contributed by atoms with van der Waals surface area (Å²) in [6.07, 6.45) is 0. The topological polar surface area (TPSA) is 36.0 Å². The maximum Gasteiger partial charge on any atom is 0.219 e. The third-order valence-electron chi connectivity index (χ3n) is 3.40. The van der Waals surface area contributed by atoms with Gasteiger partial charge in [0.1, 0.15) is 0 Å². The van der Waals surface area contributed by atoms with Crippen LogP contribution in [0, 0.1) is 0 Å². The molecule has 16 heavy (non-hydrogen) atoms. The monoisotopic (exact) mass is 227 g/mol. The molecule has 2 aliphatic heterocycles. The fourth-order valence-corrected chi connectivity index (χ4v) is 2.41. The molecule has 2 heterocycles. The second kappa shape index (κ2) is 5.12. The van der Waals surface area contributed by atoms with Crippen LogP contribution in [0.4, 0.5) is 0 Å². The van der Waals surface area contributed by atoms with Gasteiger partial charge >= 0.3 is 0 Å². The Morgan fingerprint density at radius 2 is 1.88 bits per heavy atom. The Balaban J connectivity index is 1.85. The lowest BCUT2D eigenvalue weighted by molar-refractivity contribution is -0.149. The highest BCUT2D eigenvalue weighted by atomic mass is 16.5. The van der Waals surface area contributed by atoms with Crippen LogP contribution < -0.4 is 0 Å². The molecule has 0 aromatic heterocycles. The standard InChI is InChI=1S/C11H21N3O2/c1-10-9-16-8-7-14(10)13-5-3-12(4-6-13)11(2)15/h10H,3-9H2,1-2H3. The van der Waals surface area contributed by atoms with Crippen LogP contribution in [-0.2, 0) is 9.53 Å². The van der Waals surface area contributed by atoms with Gasteiger partial charge in [-0.3, -0.25) is 4.79 Å². The zero-order chi connectivity index (χ0) is 11.5. The van der Waals surface area contributed by atoms with Crippen molar-refractivity contribution in [2.45, 2.75) is 19.9 Å². The molecule has 2 rings (SSSR count). The smallest absolute Gasteiger partial charge is 0.219 e. The van der Waals surface area contributed by atoms with Crippen LogP contribution in [0.15, 0.2) is 0 Å². The van der Waals surface area contributed by atoms with Gasteiger partial charge in [-0.25, -0.2) is 10.0 Å². The van der Waals surface area contributed by atoms with E-state index in [1.54, 1.807) is 6.92 Å². The molecule has 0 saturated carbocycles. The van der Waals surface area contributed by atoms with Gasteiger partial charge in [-0.15, -0.1) is 0 Å². The molecule has 0 aromatic carbocycles. The highest BCUT2D eigenvalue weighted by Gasteiger charge is 2.28. The maximum absolute atomic E-state index is 11.2. The lowest BCUT2D eigenvalue weighted by Gasteiger charge is -2.45. The van der Waals surface area contributed by atoms with E-state index in [1.807, 2.05) is 4.90 Å². The van der Waals surface area contributed by atoms with Crippen molar-refractivity contribution in [3.63, 3.8) is 0 Å². The van der Waals surface area contributed by atoms with Crippen molar-refractivity contribution in [1.29, 1.82) is 0 Å². The number of amides is 1. The molecule has 0 spiro atoms. The molecular formula is C11H21N3O2. The quantitative estimate of drug-likeness (QED) is 0.621. The van der Waals surface area contributed by atoms with Crippen molar-refractivity contribution < 1.29 is 9.53 Å². The number of hydrogen-bond acceptors (Lipinski definition) is 4. The van der Waals surface area contributed by atoms with Crippen LogP contribution in [-0.4, -0.2) is 72.8 Å². The lowest BCUT2D eigenvalue weighted by atomic mass is 10.3. The van der Waals surface area contributed by atoms with Crippen molar-refractivity contribution in [3.8, 4) is 0 Å². The van der Waals surface area contributed by atoms with Crippen molar-refractivity contribution >= 4 is 5.91 Å². The van der Waals surface area contributed by atoms with Crippen LogP contribution in [0.5, 0.6) is 0 Å². The summed E-state index contributed by atoms with van der Waals surface area (Å²) in [7, 11) is 0. The van der Waals surface area contributed by atoms with Gasteiger partial charge < -0.3 is 9.64 Å². The number of carbonyl (C=O) groups excluding carboxylic acids is 1. The Morgan fingerprint density at radius 1 is 1.19 bits per heavy atom. The number of hydrazine groups is 1. The predicted molar refractivity (Wildman–Crippen MR) is 60.8 cm³/mol. The zero-order valence-corrected chi connectivity index (χ0v) is 10.2. The number of nitrogens with zero attached hydrogens (tertiary/aromatic N) is 3. The molecule has 1 unspecified atom stereocenters. The number of piperazine rings is 1. The van der Waals surface area contributed by atoms with E-state index in [0.717, 1.165) is 45.9 Å². The van der Waals surface area contributed by atoms with Crippen molar-refractivity contribution in [2.75, 3.05) is 45.9 Å².